The number of allylic oxidation sites excluding steroid dienone is 3. The molecule has 0 aliphatic rings. The summed E-state index contributed by atoms with van der Waals surface area (Å²) in [5.41, 5.74) is 8.89. The highest BCUT2D eigenvalue weighted by Crippen LogP contribution is 2.37. The van der Waals surface area contributed by atoms with Gasteiger partial charge in [0.15, 0.2) is 0 Å². The second-order valence-corrected chi connectivity index (χ2v) is 8.23. The minimum Gasteiger partial charge on any atom is -0.311 e. The van der Waals surface area contributed by atoms with Gasteiger partial charge in [-0.25, -0.2) is 0 Å². The Balaban J connectivity index is 1.78. The Morgan fingerprint density at radius 1 is 0.559 bits per heavy atom. The average molecular weight is 443 g/mol. The Morgan fingerprint density at radius 3 is 1.44 bits per heavy atom. The SMILES string of the molecule is C=C/C=C(\C=C)N(c1ccc(C)cc1)c1ccc(N(c2ccccc2)c2ccc(C)cc2)cc1. The Morgan fingerprint density at radius 2 is 0.971 bits per heavy atom. The van der Waals surface area contributed by atoms with E-state index in [-0.39, 0.29) is 0 Å². The minimum atomic E-state index is 0.963. The summed E-state index contributed by atoms with van der Waals surface area (Å²) < 4.78 is 0. The fourth-order valence-corrected chi connectivity index (χ4v) is 3.96. The highest BCUT2D eigenvalue weighted by atomic mass is 15.2. The lowest BCUT2D eigenvalue weighted by molar-refractivity contribution is 1.20. The Hall–Kier alpha value is -4.30. The summed E-state index contributed by atoms with van der Waals surface area (Å²) in [6.45, 7) is 12.1. The molecule has 0 saturated carbocycles. The molecule has 0 saturated heterocycles. The van der Waals surface area contributed by atoms with Gasteiger partial charge in [0.05, 0.1) is 0 Å². The van der Waals surface area contributed by atoms with Gasteiger partial charge in [0.25, 0.3) is 0 Å². The van der Waals surface area contributed by atoms with Crippen LogP contribution in [0.25, 0.3) is 0 Å². The number of anilines is 5. The molecule has 168 valence electrons. The number of rotatable bonds is 8. The number of nitrogens with zero attached hydrogens (tertiary/aromatic N) is 2. The molecule has 0 amide bonds. The first kappa shape index (κ1) is 22.9. The van der Waals surface area contributed by atoms with Crippen molar-refractivity contribution in [2.45, 2.75) is 13.8 Å². The van der Waals surface area contributed by atoms with E-state index in [1.165, 1.54) is 11.1 Å². The summed E-state index contributed by atoms with van der Waals surface area (Å²) in [7, 11) is 0. The molecule has 4 rings (SSSR count). The maximum atomic E-state index is 4.04. The second kappa shape index (κ2) is 10.5. The van der Waals surface area contributed by atoms with Crippen LogP contribution < -0.4 is 9.80 Å². The quantitative estimate of drug-likeness (QED) is 0.251. The van der Waals surface area contributed by atoms with E-state index >= 15 is 0 Å². The standard InChI is InChI=1S/C32H30N2/c1-5-10-27(6-2)33(29-17-13-25(3)14-18-29)31-21-23-32(24-22-31)34(28-11-8-7-9-12-28)30-19-15-26(4)16-20-30/h5-24H,1-2H2,3-4H3/b27-10+. The van der Waals surface area contributed by atoms with Gasteiger partial charge in [-0.15, -0.1) is 0 Å². The maximum absolute atomic E-state index is 4.04. The average Bonchev–Trinajstić information content (AvgIpc) is 2.87. The first-order valence-corrected chi connectivity index (χ1v) is 11.4. The molecule has 0 aliphatic heterocycles. The molecule has 2 heteroatoms. The van der Waals surface area contributed by atoms with Crippen LogP contribution in [0.3, 0.4) is 0 Å². The van der Waals surface area contributed by atoms with E-state index in [4.69, 9.17) is 0 Å². The van der Waals surface area contributed by atoms with Crippen LogP contribution in [0.5, 0.6) is 0 Å². The highest BCUT2D eigenvalue weighted by Gasteiger charge is 2.15. The predicted molar refractivity (Wildman–Crippen MR) is 148 cm³/mol. The molecule has 0 spiro atoms. The summed E-state index contributed by atoms with van der Waals surface area (Å²) in [5, 5.41) is 0. The van der Waals surface area contributed by atoms with E-state index in [2.05, 4.69) is 134 Å². The van der Waals surface area contributed by atoms with E-state index in [0.717, 1.165) is 34.1 Å². The molecule has 0 unspecified atom stereocenters. The first-order valence-electron chi connectivity index (χ1n) is 11.4. The molecular formula is C32H30N2. The van der Waals surface area contributed by atoms with Gasteiger partial charge in [-0.05, 0) is 86.7 Å². The van der Waals surface area contributed by atoms with Crippen LogP contribution in [0.2, 0.25) is 0 Å². The van der Waals surface area contributed by atoms with Crippen molar-refractivity contribution in [3.05, 3.63) is 151 Å². The Bertz CT molecular complexity index is 1270. The molecule has 0 aromatic heterocycles. The van der Waals surface area contributed by atoms with Gasteiger partial charge in [0.2, 0.25) is 0 Å². The molecule has 0 heterocycles. The van der Waals surface area contributed by atoms with Crippen molar-refractivity contribution in [2.75, 3.05) is 9.80 Å². The molecule has 0 bridgehead atoms. The normalized spacial score (nSPS) is 11.1. The molecule has 0 fully saturated rings. The van der Waals surface area contributed by atoms with E-state index in [0.29, 0.717) is 0 Å². The molecule has 0 N–H and O–H groups in total. The van der Waals surface area contributed by atoms with Crippen LogP contribution in [0.15, 0.2) is 140 Å². The van der Waals surface area contributed by atoms with E-state index in [1.54, 1.807) is 6.08 Å². The number of hydrogen-bond donors (Lipinski definition) is 0. The second-order valence-electron chi connectivity index (χ2n) is 8.23. The molecular weight excluding hydrogens is 412 g/mol. The third-order valence-corrected chi connectivity index (χ3v) is 5.72. The molecule has 0 atom stereocenters. The van der Waals surface area contributed by atoms with Gasteiger partial charge in [0.1, 0.15) is 0 Å². The number of hydrogen-bond acceptors (Lipinski definition) is 2. The summed E-state index contributed by atoms with van der Waals surface area (Å²) in [5.74, 6) is 0. The van der Waals surface area contributed by atoms with Crippen molar-refractivity contribution in [3.63, 3.8) is 0 Å². The zero-order chi connectivity index (χ0) is 23.9. The number of benzene rings is 4. The summed E-state index contributed by atoms with van der Waals surface area (Å²) in [6.07, 6.45) is 5.63. The third kappa shape index (κ3) is 5.02. The molecule has 2 nitrogen and oxygen atoms in total. The zero-order valence-corrected chi connectivity index (χ0v) is 19.9. The largest absolute Gasteiger partial charge is 0.311 e. The van der Waals surface area contributed by atoms with Crippen LogP contribution >= 0.6 is 0 Å². The molecule has 34 heavy (non-hydrogen) atoms. The van der Waals surface area contributed by atoms with Crippen molar-refractivity contribution in [2.24, 2.45) is 0 Å². The third-order valence-electron chi connectivity index (χ3n) is 5.72. The number of aryl methyl sites for hydroxylation is 2. The van der Waals surface area contributed by atoms with Crippen LogP contribution in [0.4, 0.5) is 28.4 Å². The fraction of sp³-hybridized carbons (Fsp3) is 0.0625. The van der Waals surface area contributed by atoms with E-state index in [1.807, 2.05) is 18.2 Å². The molecule has 0 radical (unpaired) electrons. The van der Waals surface area contributed by atoms with Gasteiger partial charge in [0, 0.05) is 34.1 Å². The highest BCUT2D eigenvalue weighted by molar-refractivity contribution is 5.79. The van der Waals surface area contributed by atoms with Gasteiger partial charge in [-0.3, -0.25) is 0 Å². The van der Waals surface area contributed by atoms with Crippen molar-refractivity contribution in [1.82, 2.24) is 0 Å². The van der Waals surface area contributed by atoms with Crippen LogP contribution in [0.1, 0.15) is 11.1 Å². The topological polar surface area (TPSA) is 6.48 Å². The van der Waals surface area contributed by atoms with Crippen LogP contribution in [-0.4, -0.2) is 0 Å². The van der Waals surface area contributed by atoms with E-state index < -0.39 is 0 Å². The lowest BCUT2D eigenvalue weighted by Crippen LogP contribution is -2.15. The predicted octanol–water partition coefficient (Wildman–Crippen LogP) is 9.17. The first-order chi connectivity index (χ1) is 16.6. The van der Waals surface area contributed by atoms with Crippen molar-refractivity contribution in [3.8, 4) is 0 Å². The lowest BCUT2D eigenvalue weighted by atomic mass is 10.1. The van der Waals surface area contributed by atoms with Gasteiger partial charge >= 0.3 is 0 Å². The lowest BCUT2D eigenvalue weighted by Gasteiger charge is -2.28. The smallest absolute Gasteiger partial charge is 0.0463 e. The van der Waals surface area contributed by atoms with Crippen LogP contribution in [0, 0.1) is 13.8 Å². The molecule has 0 aliphatic carbocycles. The minimum absolute atomic E-state index is 0.963. The maximum Gasteiger partial charge on any atom is 0.0463 e. The zero-order valence-electron chi connectivity index (χ0n) is 19.9. The summed E-state index contributed by atoms with van der Waals surface area (Å²) in [4.78, 5) is 4.46. The number of para-hydroxylation sites is 1. The Labute approximate surface area is 203 Å². The van der Waals surface area contributed by atoms with Crippen molar-refractivity contribution >= 4 is 28.4 Å². The Kier molecular flexibility index (Phi) is 7.10. The van der Waals surface area contributed by atoms with Crippen molar-refractivity contribution < 1.29 is 0 Å². The van der Waals surface area contributed by atoms with Crippen LogP contribution in [-0.2, 0) is 0 Å². The van der Waals surface area contributed by atoms with Gasteiger partial charge in [-0.2, -0.15) is 0 Å². The summed E-state index contributed by atoms with van der Waals surface area (Å²) in [6, 6.07) is 36.2. The van der Waals surface area contributed by atoms with Gasteiger partial charge < -0.3 is 9.80 Å². The van der Waals surface area contributed by atoms with E-state index in [9.17, 15) is 0 Å². The summed E-state index contributed by atoms with van der Waals surface area (Å²) >= 11 is 0. The van der Waals surface area contributed by atoms with Crippen molar-refractivity contribution in [1.29, 1.82) is 0 Å². The molecule has 4 aromatic carbocycles. The monoisotopic (exact) mass is 442 g/mol. The fourth-order valence-electron chi connectivity index (χ4n) is 3.96. The van der Waals surface area contributed by atoms with Gasteiger partial charge in [-0.1, -0.05) is 72.8 Å². The molecule has 4 aromatic rings.